The van der Waals surface area contributed by atoms with Crippen molar-refractivity contribution in [3.8, 4) is 0 Å². The summed E-state index contributed by atoms with van der Waals surface area (Å²) in [5.74, 6) is 0. The van der Waals surface area contributed by atoms with Crippen molar-refractivity contribution in [1.29, 1.82) is 0 Å². The highest BCUT2D eigenvalue weighted by molar-refractivity contribution is 7.99. The fourth-order valence-electron chi connectivity index (χ4n) is 3.94. The van der Waals surface area contributed by atoms with Gasteiger partial charge < -0.3 is 5.32 Å². The minimum Gasteiger partial charge on any atom is -0.368 e. The van der Waals surface area contributed by atoms with Gasteiger partial charge >= 0.3 is 0 Å². The van der Waals surface area contributed by atoms with E-state index >= 15 is 0 Å². The first-order chi connectivity index (χ1) is 13.4. The van der Waals surface area contributed by atoms with Crippen molar-refractivity contribution in [2.45, 2.75) is 15.3 Å². The molecule has 0 saturated heterocycles. The molecular weight excluding hydrogens is 346 g/mol. The zero-order chi connectivity index (χ0) is 18.1. The van der Waals surface area contributed by atoms with Gasteiger partial charge in [0.05, 0.1) is 0 Å². The second kappa shape index (κ2) is 6.64. The standard InChI is InChI=1S/C25H19NS/c1-3-11-19(12-4-1)25(26-20-13-5-2-6-14-20)21-15-7-9-17-23(21)27-24-18-10-8-16-22(24)25/h1-18,26H. The van der Waals surface area contributed by atoms with E-state index in [0.717, 1.165) is 5.69 Å². The molecule has 5 rings (SSSR count). The van der Waals surface area contributed by atoms with E-state index in [4.69, 9.17) is 0 Å². The number of benzene rings is 4. The second-order valence-electron chi connectivity index (χ2n) is 6.70. The Bertz CT molecular complexity index is 1030. The molecule has 130 valence electrons. The topological polar surface area (TPSA) is 12.0 Å². The first kappa shape index (κ1) is 16.2. The molecule has 0 bridgehead atoms. The molecule has 0 amide bonds. The van der Waals surface area contributed by atoms with Crippen LogP contribution in [0, 0.1) is 0 Å². The largest absolute Gasteiger partial charge is 0.368 e. The Morgan fingerprint density at radius 3 is 1.59 bits per heavy atom. The Morgan fingerprint density at radius 1 is 0.519 bits per heavy atom. The summed E-state index contributed by atoms with van der Waals surface area (Å²) < 4.78 is 0. The fraction of sp³-hybridized carbons (Fsp3) is 0.0400. The highest BCUT2D eigenvalue weighted by Gasteiger charge is 2.42. The van der Waals surface area contributed by atoms with Gasteiger partial charge in [-0.25, -0.2) is 0 Å². The van der Waals surface area contributed by atoms with E-state index in [-0.39, 0.29) is 0 Å². The average molecular weight is 366 g/mol. The molecule has 0 unspecified atom stereocenters. The van der Waals surface area contributed by atoms with E-state index in [9.17, 15) is 0 Å². The minimum absolute atomic E-state index is 0.430. The molecule has 1 aliphatic rings. The summed E-state index contributed by atoms with van der Waals surface area (Å²) in [6, 6.07) is 38.7. The molecule has 1 aliphatic heterocycles. The predicted octanol–water partition coefficient (Wildman–Crippen LogP) is 6.56. The normalized spacial score (nSPS) is 14.1. The molecule has 0 aromatic heterocycles. The van der Waals surface area contributed by atoms with Gasteiger partial charge in [-0.15, -0.1) is 0 Å². The molecule has 1 heterocycles. The van der Waals surface area contributed by atoms with Gasteiger partial charge in [0.2, 0.25) is 0 Å². The molecule has 2 heteroatoms. The minimum atomic E-state index is -0.430. The van der Waals surface area contributed by atoms with Crippen LogP contribution in [0.5, 0.6) is 0 Å². The third-order valence-corrected chi connectivity index (χ3v) is 6.27. The fourth-order valence-corrected chi connectivity index (χ4v) is 5.13. The summed E-state index contributed by atoms with van der Waals surface area (Å²) in [6.07, 6.45) is 0. The molecule has 1 N–H and O–H groups in total. The van der Waals surface area contributed by atoms with Crippen molar-refractivity contribution in [2.75, 3.05) is 5.32 Å². The lowest BCUT2D eigenvalue weighted by molar-refractivity contribution is 0.673. The molecular formula is C25H19NS. The zero-order valence-electron chi connectivity index (χ0n) is 14.8. The smallest absolute Gasteiger partial charge is 0.116 e. The predicted molar refractivity (Wildman–Crippen MR) is 113 cm³/mol. The maximum atomic E-state index is 3.91. The zero-order valence-corrected chi connectivity index (χ0v) is 15.6. The van der Waals surface area contributed by atoms with E-state index in [1.807, 2.05) is 11.8 Å². The van der Waals surface area contributed by atoms with E-state index in [0.29, 0.717) is 0 Å². The van der Waals surface area contributed by atoms with Gasteiger partial charge in [0, 0.05) is 26.6 Å². The molecule has 0 aliphatic carbocycles. The summed E-state index contributed by atoms with van der Waals surface area (Å²) in [4.78, 5) is 2.59. The summed E-state index contributed by atoms with van der Waals surface area (Å²) in [6.45, 7) is 0. The lowest BCUT2D eigenvalue weighted by Gasteiger charge is -2.42. The van der Waals surface area contributed by atoms with E-state index < -0.39 is 5.54 Å². The third-order valence-electron chi connectivity index (χ3n) is 5.11. The molecule has 0 atom stereocenters. The number of anilines is 1. The molecule has 0 radical (unpaired) electrons. The van der Waals surface area contributed by atoms with Crippen molar-refractivity contribution < 1.29 is 0 Å². The molecule has 4 aromatic carbocycles. The first-order valence-electron chi connectivity index (χ1n) is 9.13. The Hall–Kier alpha value is -2.97. The molecule has 0 saturated carbocycles. The van der Waals surface area contributed by atoms with Crippen LogP contribution in [0.15, 0.2) is 119 Å². The number of fused-ring (bicyclic) bond motifs is 2. The van der Waals surface area contributed by atoms with E-state index in [1.165, 1.54) is 26.5 Å². The number of nitrogens with one attached hydrogen (secondary N) is 1. The highest BCUT2D eigenvalue weighted by Crippen LogP contribution is 2.52. The van der Waals surface area contributed by atoms with Crippen molar-refractivity contribution in [3.05, 3.63) is 126 Å². The van der Waals surface area contributed by atoms with Crippen LogP contribution in [0.25, 0.3) is 0 Å². The third kappa shape index (κ3) is 2.65. The lowest BCUT2D eigenvalue weighted by atomic mass is 9.76. The summed E-state index contributed by atoms with van der Waals surface area (Å²) in [5.41, 5.74) is 4.51. The molecule has 0 fully saturated rings. The van der Waals surface area contributed by atoms with E-state index in [2.05, 4.69) is 115 Å². The van der Waals surface area contributed by atoms with Crippen LogP contribution in [-0.4, -0.2) is 0 Å². The van der Waals surface area contributed by atoms with Gasteiger partial charge in [-0.05, 0) is 29.8 Å². The summed E-state index contributed by atoms with van der Waals surface area (Å²) in [7, 11) is 0. The SMILES string of the molecule is c1ccc(NC2(c3ccccc3)c3ccccc3Sc3ccccc32)cc1. The summed E-state index contributed by atoms with van der Waals surface area (Å²) in [5, 5.41) is 3.91. The number of hydrogen-bond acceptors (Lipinski definition) is 2. The van der Waals surface area contributed by atoms with Gasteiger partial charge in [0.1, 0.15) is 5.54 Å². The van der Waals surface area contributed by atoms with Gasteiger partial charge in [-0.1, -0.05) is 96.7 Å². The molecule has 0 spiro atoms. The average Bonchev–Trinajstić information content (AvgIpc) is 2.75. The Labute approximate surface area is 164 Å². The van der Waals surface area contributed by atoms with Crippen LogP contribution in [0.2, 0.25) is 0 Å². The second-order valence-corrected chi connectivity index (χ2v) is 7.79. The number of para-hydroxylation sites is 1. The molecule has 4 aromatic rings. The first-order valence-corrected chi connectivity index (χ1v) is 9.95. The molecule has 27 heavy (non-hydrogen) atoms. The number of hydrogen-bond donors (Lipinski definition) is 1. The van der Waals surface area contributed by atoms with Crippen LogP contribution in [0.3, 0.4) is 0 Å². The van der Waals surface area contributed by atoms with Gasteiger partial charge in [0.15, 0.2) is 0 Å². The van der Waals surface area contributed by atoms with Crippen molar-refractivity contribution in [3.63, 3.8) is 0 Å². The van der Waals surface area contributed by atoms with Gasteiger partial charge in [0.25, 0.3) is 0 Å². The monoisotopic (exact) mass is 365 g/mol. The maximum absolute atomic E-state index is 3.91. The van der Waals surface area contributed by atoms with Gasteiger partial charge in [-0.3, -0.25) is 0 Å². The van der Waals surface area contributed by atoms with Crippen molar-refractivity contribution in [1.82, 2.24) is 0 Å². The van der Waals surface area contributed by atoms with Crippen LogP contribution >= 0.6 is 11.8 Å². The number of rotatable bonds is 3. The Balaban J connectivity index is 1.85. The van der Waals surface area contributed by atoms with Gasteiger partial charge in [-0.2, -0.15) is 0 Å². The van der Waals surface area contributed by atoms with Crippen LogP contribution in [-0.2, 0) is 5.54 Å². The summed E-state index contributed by atoms with van der Waals surface area (Å²) >= 11 is 1.85. The Kier molecular flexibility index (Phi) is 3.99. The molecule has 1 nitrogen and oxygen atoms in total. The van der Waals surface area contributed by atoms with Crippen molar-refractivity contribution in [2.24, 2.45) is 0 Å². The lowest BCUT2D eigenvalue weighted by Crippen LogP contribution is -2.40. The van der Waals surface area contributed by atoms with Crippen LogP contribution < -0.4 is 5.32 Å². The Morgan fingerprint density at radius 2 is 1.00 bits per heavy atom. The quantitative estimate of drug-likeness (QED) is 0.441. The van der Waals surface area contributed by atoms with E-state index in [1.54, 1.807) is 0 Å². The van der Waals surface area contributed by atoms with Crippen LogP contribution in [0.4, 0.5) is 5.69 Å². The van der Waals surface area contributed by atoms with Crippen molar-refractivity contribution >= 4 is 17.4 Å². The maximum Gasteiger partial charge on any atom is 0.116 e. The van der Waals surface area contributed by atoms with Crippen LogP contribution in [0.1, 0.15) is 16.7 Å². The highest BCUT2D eigenvalue weighted by atomic mass is 32.2.